The van der Waals surface area contributed by atoms with Gasteiger partial charge in [0.15, 0.2) is 0 Å². The molecular formula is C26H28N2O5. The molecule has 33 heavy (non-hydrogen) atoms. The Labute approximate surface area is 192 Å². The van der Waals surface area contributed by atoms with Crippen molar-refractivity contribution in [3.05, 3.63) is 59.7 Å². The molecule has 2 aromatic rings. The molecule has 2 saturated carbocycles. The maximum atomic E-state index is 12.4. The van der Waals surface area contributed by atoms with Crippen molar-refractivity contribution < 1.29 is 24.2 Å². The minimum Gasteiger partial charge on any atom is -0.481 e. The zero-order valence-electron chi connectivity index (χ0n) is 18.3. The molecule has 7 nitrogen and oxygen atoms in total. The van der Waals surface area contributed by atoms with Crippen LogP contribution in [0.4, 0.5) is 4.79 Å². The summed E-state index contributed by atoms with van der Waals surface area (Å²) in [6.45, 7) is 0.289. The summed E-state index contributed by atoms with van der Waals surface area (Å²) in [5.41, 5.74) is 4.76. The fourth-order valence-corrected chi connectivity index (χ4v) is 5.31. The topological polar surface area (TPSA) is 105 Å². The summed E-state index contributed by atoms with van der Waals surface area (Å²) in [5, 5.41) is 14.7. The summed E-state index contributed by atoms with van der Waals surface area (Å²) in [6, 6.07) is 16.5. The Morgan fingerprint density at radius 2 is 1.42 bits per heavy atom. The maximum Gasteiger partial charge on any atom is 0.407 e. The van der Waals surface area contributed by atoms with Gasteiger partial charge in [0, 0.05) is 24.4 Å². The molecule has 0 atom stereocenters. The number of nitrogens with one attached hydrogen (secondary N) is 2. The van der Waals surface area contributed by atoms with E-state index in [4.69, 9.17) is 9.84 Å². The Bertz CT molecular complexity index is 1030. The predicted octanol–water partition coefficient (Wildman–Crippen LogP) is 3.67. The zero-order chi connectivity index (χ0) is 22.9. The molecule has 0 unspecified atom stereocenters. The molecule has 5 rings (SSSR count). The largest absolute Gasteiger partial charge is 0.481 e. The number of amides is 2. The first-order chi connectivity index (χ1) is 16.0. The lowest BCUT2D eigenvalue weighted by Crippen LogP contribution is -2.49. The van der Waals surface area contributed by atoms with Crippen LogP contribution in [0.25, 0.3) is 11.1 Å². The van der Waals surface area contributed by atoms with Crippen LogP contribution in [0, 0.1) is 11.8 Å². The number of hydrogen-bond donors (Lipinski definition) is 3. The van der Waals surface area contributed by atoms with Crippen LogP contribution in [0.3, 0.4) is 0 Å². The maximum absolute atomic E-state index is 12.4. The Hall–Kier alpha value is -3.35. The number of carbonyl (C=O) groups is 3. The monoisotopic (exact) mass is 448 g/mol. The van der Waals surface area contributed by atoms with Gasteiger partial charge in [-0.1, -0.05) is 48.5 Å². The van der Waals surface area contributed by atoms with Gasteiger partial charge in [-0.15, -0.1) is 0 Å². The average Bonchev–Trinajstić information content (AvgIpc) is 3.06. The van der Waals surface area contributed by atoms with Crippen LogP contribution in [0.2, 0.25) is 0 Å². The van der Waals surface area contributed by atoms with Gasteiger partial charge < -0.3 is 20.5 Å². The minimum absolute atomic E-state index is 0.0200. The molecule has 3 aliphatic rings. The number of carboxylic acids is 1. The second-order valence-corrected chi connectivity index (χ2v) is 9.48. The third-order valence-electron chi connectivity index (χ3n) is 7.23. The van der Waals surface area contributed by atoms with Gasteiger partial charge in [-0.2, -0.15) is 0 Å². The van der Waals surface area contributed by atoms with Crippen molar-refractivity contribution in [2.24, 2.45) is 11.8 Å². The van der Waals surface area contributed by atoms with Crippen molar-refractivity contribution in [3.8, 4) is 11.1 Å². The van der Waals surface area contributed by atoms with E-state index in [9.17, 15) is 14.4 Å². The molecule has 0 radical (unpaired) electrons. The van der Waals surface area contributed by atoms with Crippen LogP contribution in [0.1, 0.15) is 49.1 Å². The first kappa shape index (κ1) is 21.5. The molecule has 3 aliphatic carbocycles. The first-order valence-electron chi connectivity index (χ1n) is 11.6. The number of rotatable bonds is 7. The van der Waals surface area contributed by atoms with E-state index in [2.05, 4.69) is 34.9 Å². The molecule has 2 amide bonds. The third kappa shape index (κ3) is 4.45. The predicted molar refractivity (Wildman–Crippen MR) is 122 cm³/mol. The van der Waals surface area contributed by atoms with Gasteiger partial charge in [0.05, 0.1) is 5.92 Å². The normalized spacial score (nSPS) is 25.1. The smallest absolute Gasteiger partial charge is 0.407 e. The van der Waals surface area contributed by atoms with Crippen molar-refractivity contribution >= 4 is 18.0 Å². The molecule has 3 N–H and O–H groups in total. The summed E-state index contributed by atoms with van der Waals surface area (Å²) in [6.07, 6.45) is 2.52. The molecule has 0 saturated heterocycles. The number of fused-ring (bicyclic) bond motifs is 3. The summed E-state index contributed by atoms with van der Waals surface area (Å²) >= 11 is 0. The molecule has 0 aliphatic heterocycles. The third-order valence-corrected chi connectivity index (χ3v) is 7.23. The highest BCUT2D eigenvalue weighted by Gasteiger charge is 2.37. The second-order valence-electron chi connectivity index (χ2n) is 9.48. The zero-order valence-corrected chi connectivity index (χ0v) is 18.3. The summed E-state index contributed by atoms with van der Waals surface area (Å²) < 4.78 is 5.59. The van der Waals surface area contributed by atoms with E-state index >= 15 is 0 Å². The number of hydrogen-bond acceptors (Lipinski definition) is 4. The molecule has 2 fully saturated rings. The van der Waals surface area contributed by atoms with Gasteiger partial charge in [0.25, 0.3) is 0 Å². The SMILES string of the molecule is O=C(CC1CC(NC(=O)OCC2c3ccccc3-c3ccccc32)C1)NC1CC(C(=O)O)C1. The number of aliphatic carboxylic acids is 1. The van der Waals surface area contributed by atoms with Gasteiger partial charge in [-0.25, -0.2) is 4.79 Å². The van der Waals surface area contributed by atoms with Crippen LogP contribution in [-0.4, -0.2) is 41.8 Å². The van der Waals surface area contributed by atoms with E-state index < -0.39 is 12.1 Å². The Morgan fingerprint density at radius 1 is 0.848 bits per heavy atom. The summed E-state index contributed by atoms with van der Waals surface area (Å²) in [4.78, 5) is 35.4. The number of carboxylic acid groups (broad SMARTS) is 1. The lowest BCUT2D eigenvalue weighted by molar-refractivity contribution is -0.146. The lowest BCUT2D eigenvalue weighted by atomic mass is 9.77. The Morgan fingerprint density at radius 3 is 2.03 bits per heavy atom. The van der Waals surface area contributed by atoms with Gasteiger partial charge >= 0.3 is 12.1 Å². The van der Waals surface area contributed by atoms with E-state index in [1.165, 1.54) is 22.3 Å². The fraction of sp³-hybridized carbons (Fsp3) is 0.423. The van der Waals surface area contributed by atoms with Gasteiger partial charge in [0.1, 0.15) is 6.61 Å². The van der Waals surface area contributed by atoms with Crippen molar-refractivity contribution in [2.75, 3.05) is 6.61 Å². The van der Waals surface area contributed by atoms with Crippen molar-refractivity contribution in [2.45, 2.75) is 50.1 Å². The van der Waals surface area contributed by atoms with E-state index in [-0.39, 0.29) is 42.4 Å². The molecule has 2 aromatic carbocycles. The second kappa shape index (κ2) is 8.89. The van der Waals surface area contributed by atoms with Gasteiger partial charge in [-0.05, 0) is 53.9 Å². The van der Waals surface area contributed by atoms with E-state index in [0.29, 0.717) is 19.3 Å². The summed E-state index contributed by atoms with van der Waals surface area (Å²) in [7, 11) is 0. The van der Waals surface area contributed by atoms with Crippen molar-refractivity contribution in [1.29, 1.82) is 0 Å². The van der Waals surface area contributed by atoms with Crippen molar-refractivity contribution in [3.63, 3.8) is 0 Å². The molecule has 0 spiro atoms. The number of ether oxygens (including phenoxy) is 1. The number of benzene rings is 2. The lowest BCUT2D eigenvalue weighted by Gasteiger charge is -2.37. The highest BCUT2D eigenvalue weighted by atomic mass is 16.5. The molecule has 0 bridgehead atoms. The number of carbonyl (C=O) groups excluding carboxylic acids is 2. The standard InChI is InChI=1S/C26H28N2O5/c29-24(27-18-12-16(13-18)25(30)31)11-15-9-17(10-15)28-26(32)33-14-23-21-7-3-1-5-19(21)20-6-2-4-8-22(20)23/h1-8,15-18,23H,9-14H2,(H,27,29)(H,28,32)(H,30,31). The molecular weight excluding hydrogens is 420 g/mol. The number of alkyl carbamates (subject to hydrolysis) is 1. The van der Waals surface area contributed by atoms with Crippen molar-refractivity contribution in [1.82, 2.24) is 10.6 Å². The van der Waals surface area contributed by atoms with Gasteiger partial charge in [-0.3, -0.25) is 9.59 Å². The molecule has 0 heterocycles. The van der Waals surface area contributed by atoms with E-state index in [1.54, 1.807) is 0 Å². The van der Waals surface area contributed by atoms with Crippen LogP contribution >= 0.6 is 0 Å². The Kier molecular flexibility index (Phi) is 5.79. The highest BCUT2D eigenvalue weighted by molar-refractivity contribution is 5.79. The quantitative estimate of drug-likeness (QED) is 0.599. The molecule has 0 aromatic heterocycles. The van der Waals surface area contributed by atoms with Crippen LogP contribution in [0.15, 0.2) is 48.5 Å². The molecule has 7 heteroatoms. The van der Waals surface area contributed by atoms with E-state index in [1.807, 2.05) is 24.3 Å². The Balaban J connectivity index is 1.04. The van der Waals surface area contributed by atoms with Crippen LogP contribution in [-0.2, 0) is 14.3 Å². The van der Waals surface area contributed by atoms with Crippen LogP contribution in [0.5, 0.6) is 0 Å². The fourth-order valence-electron chi connectivity index (χ4n) is 5.31. The molecule has 172 valence electrons. The minimum atomic E-state index is -0.790. The van der Waals surface area contributed by atoms with E-state index in [0.717, 1.165) is 12.8 Å². The van der Waals surface area contributed by atoms with Crippen LogP contribution < -0.4 is 10.6 Å². The summed E-state index contributed by atoms with van der Waals surface area (Å²) in [5.74, 6) is -0.882. The highest BCUT2D eigenvalue weighted by Crippen LogP contribution is 2.44. The first-order valence-corrected chi connectivity index (χ1v) is 11.6. The average molecular weight is 449 g/mol. The van der Waals surface area contributed by atoms with Gasteiger partial charge in [0.2, 0.25) is 5.91 Å².